The van der Waals surface area contributed by atoms with Gasteiger partial charge in [0.05, 0.1) is 16.6 Å². The van der Waals surface area contributed by atoms with Crippen molar-refractivity contribution >= 4 is 35.1 Å². The third-order valence-corrected chi connectivity index (χ3v) is 11.8. The minimum Gasteiger partial charge on any atom is -0.375 e. The van der Waals surface area contributed by atoms with Crippen LogP contribution in [0.25, 0.3) is 0 Å². The van der Waals surface area contributed by atoms with Crippen LogP contribution in [0.2, 0.25) is 0 Å². The average molecular weight is 703 g/mol. The molecule has 2 N–H and O–H groups in total. The van der Waals surface area contributed by atoms with Crippen molar-refractivity contribution in [2.24, 2.45) is 10.9 Å². The molecule has 1 aromatic carbocycles. The van der Waals surface area contributed by atoms with Gasteiger partial charge in [-0.25, -0.2) is 9.38 Å². The first kappa shape index (κ1) is 37.6. The average Bonchev–Trinajstić information content (AvgIpc) is 3.86. The second-order valence-electron chi connectivity index (χ2n) is 14.2. The summed E-state index contributed by atoms with van der Waals surface area (Å²) in [4.78, 5) is 38.4. The Kier molecular flexibility index (Phi) is 12.5. The molecule has 3 fully saturated rings. The summed E-state index contributed by atoms with van der Waals surface area (Å²) in [5.41, 5.74) is 7.34. The number of amidine groups is 1. The summed E-state index contributed by atoms with van der Waals surface area (Å²) in [5.74, 6) is -0.178. The Hall–Kier alpha value is -3.63. The number of carbonyl (C=O) groups is 2. The highest BCUT2D eigenvalue weighted by Crippen LogP contribution is 2.45. The lowest BCUT2D eigenvalue weighted by atomic mass is 9.89. The fourth-order valence-electron chi connectivity index (χ4n) is 6.95. The normalized spacial score (nSPS) is 23.9. The molecule has 4 unspecified atom stereocenters. The van der Waals surface area contributed by atoms with E-state index in [0.29, 0.717) is 33.8 Å². The van der Waals surface area contributed by atoms with Gasteiger partial charge in [-0.1, -0.05) is 51.5 Å². The smallest absolute Gasteiger partial charge is 0.273 e. The van der Waals surface area contributed by atoms with Crippen LogP contribution in [0.1, 0.15) is 90.7 Å². The van der Waals surface area contributed by atoms with Crippen LogP contribution in [0, 0.1) is 5.92 Å². The van der Waals surface area contributed by atoms with E-state index < -0.39 is 6.17 Å². The molecule has 2 heterocycles. The van der Waals surface area contributed by atoms with Crippen molar-refractivity contribution in [1.82, 2.24) is 20.0 Å². The summed E-state index contributed by atoms with van der Waals surface area (Å²) < 4.78 is 15.1. The van der Waals surface area contributed by atoms with Crippen molar-refractivity contribution in [1.29, 1.82) is 0 Å². The Labute approximate surface area is 302 Å². The number of anilines is 1. The first-order valence-electron chi connectivity index (χ1n) is 18.2. The van der Waals surface area contributed by atoms with E-state index in [1.54, 1.807) is 44.4 Å². The second-order valence-corrected chi connectivity index (χ2v) is 15.5. The Balaban J connectivity index is 1.27. The number of amides is 2. The van der Waals surface area contributed by atoms with E-state index >= 15 is 4.39 Å². The number of piperazine rings is 1. The number of fused-ring (bicyclic) bond motifs is 1. The van der Waals surface area contributed by atoms with E-state index in [9.17, 15) is 9.59 Å². The van der Waals surface area contributed by atoms with Gasteiger partial charge in [-0.05, 0) is 99.8 Å². The molecule has 5 rings (SSSR count). The molecule has 0 aromatic heterocycles. The summed E-state index contributed by atoms with van der Waals surface area (Å²) in [6, 6.07) is 8.64. The van der Waals surface area contributed by atoms with Crippen LogP contribution in [-0.4, -0.2) is 78.0 Å². The van der Waals surface area contributed by atoms with Crippen molar-refractivity contribution < 1.29 is 14.0 Å². The lowest BCUT2D eigenvalue weighted by Crippen LogP contribution is -2.43. The highest BCUT2D eigenvalue weighted by molar-refractivity contribution is 8.04. The number of allylic oxidation sites excluding steroid dienone is 4. The van der Waals surface area contributed by atoms with E-state index in [4.69, 9.17) is 0 Å². The Morgan fingerprint density at radius 1 is 1.12 bits per heavy atom. The number of aliphatic imine (C=N–C) groups is 1. The Morgan fingerprint density at radius 3 is 2.46 bits per heavy atom. The number of halogens is 1. The molecule has 1 saturated heterocycles. The molecule has 2 saturated carbocycles. The molecule has 50 heavy (non-hydrogen) atoms. The number of benzene rings is 1. The third-order valence-electron chi connectivity index (χ3n) is 10.4. The maximum atomic E-state index is 15.1. The van der Waals surface area contributed by atoms with E-state index in [2.05, 4.69) is 58.2 Å². The molecule has 1 aromatic rings. The quantitative estimate of drug-likeness (QED) is 0.105. The Bertz CT molecular complexity index is 1620. The molecule has 0 spiro atoms. The fraction of sp³-hybridized carbons (Fsp3) is 0.525. The monoisotopic (exact) mass is 702 g/mol. The zero-order chi connectivity index (χ0) is 36.1. The molecule has 270 valence electrons. The topological polar surface area (TPSA) is 80.3 Å². The molecular weight excluding hydrogens is 648 g/mol. The molecule has 2 aliphatic carbocycles. The standard InChI is InChI=1S/C40H55FN6O2S/c1-9-25(3)35(43-31-19-17-29(18-20-31)37-36(28-15-16-28)45(6)21-22-46(37)7)40(49)47(8)24-26(4)27(5)42-38(32(41)10-2)44-39(48)34-23-30-13-11-12-14-33(30)50-34/h17-20,23-24,30,32-33,37,43H,5,9-16,21-22H2,1-4,6-8H3,(H,42,44,48)/b26-24+,35-25?. The number of alkyl halides is 1. The molecule has 0 radical (unpaired) electrons. The first-order chi connectivity index (χ1) is 23.9. The SMILES string of the molecule is C=C(N=C(NC(=O)C1=CC2CCCCC2S1)C(F)CC)/C(C)=C/N(C)C(=O)C(Nc1ccc(C2C(=C3CC3)N(C)CCN2C)cc1)=C(C)CC. The van der Waals surface area contributed by atoms with Gasteiger partial charge in [-0.15, -0.1) is 11.8 Å². The van der Waals surface area contributed by atoms with Gasteiger partial charge in [-0.2, -0.15) is 0 Å². The highest BCUT2D eigenvalue weighted by atomic mass is 32.2. The molecule has 4 aliphatic rings. The highest BCUT2D eigenvalue weighted by Gasteiger charge is 2.35. The van der Waals surface area contributed by atoms with Gasteiger partial charge in [0.1, 0.15) is 11.5 Å². The van der Waals surface area contributed by atoms with Crippen LogP contribution >= 0.6 is 11.8 Å². The molecule has 2 amide bonds. The lowest BCUT2D eigenvalue weighted by Gasteiger charge is -2.41. The van der Waals surface area contributed by atoms with Crippen molar-refractivity contribution in [3.05, 3.63) is 87.4 Å². The number of likely N-dealkylation sites (N-methyl/N-ethyl adjacent to an activating group) is 3. The second kappa shape index (κ2) is 16.6. The summed E-state index contributed by atoms with van der Waals surface area (Å²) >= 11 is 1.60. The van der Waals surface area contributed by atoms with Crippen LogP contribution in [0.4, 0.5) is 10.1 Å². The number of nitrogens with zero attached hydrogens (tertiary/aromatic N) is 4. The number of hydrogen-bond donors (Lipinski definition) is 2. The number of nitrogens with one attached hydrogen (secondary N) is 2. The van der Waals surface area contributed by atoms with Crippen molar-refractivity contribution in [3.8, 4) is 0 Å². The van der Waals surface area contributed by atoms with Crippen LogP contribution in [-0.2, 0) is 9.59 Å². The van der Waals surface area contributed by atoms with Crippen molar-refractivity contribution in [3.63, 3.8) is 0 Å². The fourth-order valence-corrected chi connectivity index (χ4v) is 8.36. The predicted octanol–water partition coefficient (Wildman–Crippen LogP) is 8.08. The van der Waals surface area contributed by atoms with Gasteiger partial charge in [0.2, 0.25) is 0 Å². The van der Waals surface area contributed by atoms with Gasteiger partial charge >= 0.3 is 0 Å². The summed E-state index contributed by atoms with van der Waals surface area (Å²) in [6.07, 6.45) is 10.0. The van der Waals surface area contributed by atoms with Crippen LogP contribution in [0.5, 0.6) is 0 Å². The van der Waals surface area contributed by atoms with E-state index in [-0.39, 0.29) is 35.8 Å². The van der Waals surface area contributed by atoms with E-state index in [1.807, 2.05) is 32.1 Å². The largest absolute Gasteiger partial charge is 0.375 e. The van der Waals surface area contributed by atoms with Gasteiger partial charge in [-0.3, -0.25) is 14.5 Å². The molecular formula is C40H55FN6O2S. The van der Waals surface area contributed by atoms with Gasteiger partial charge in [0.25, 0.3) is 11.8 Å². The van der Waals surface area contributed by atoms with Crippen LogP contribution < -0.4 is 10.6 Å². The molecule has 10 heteroatoms. The Morgan fingerprint density at radius 2 is 1.82 bits per heavy atom. The zero-order valence-corrected chi connectivity index (χ0v) is 31.8. The molecule has 4 atom stereocenters. The van der Waals surface area contributed by atoms with Gasteiger partial charge in [0, 0.05) is 50.0 Å². The van der Waals surface area contributed by atoms with E-state index in [1.165, 1.54) is 41.8 Å². The van der Waals surface area contributed by atoms with Gasteiger partial charge < -0.3 is 20.4 Å². The summed E-state index contributed by atoms with van der Waals surface area (Å²) in [5, 5.41) is 6.57. The third kappa shape index (κ3) is 8.80. The maximum Gasteiger partial charge on any atom is 0.273 e. The van der Waals surface area contributed by atoms with E-state index in [0.717, 1.165) is 37.2 Å². The predicted molar refractivity (Wildman–Crippen MR) is 205 cm³/mol. The number of thioether (sulfide) groups is 1. The van der Waals surface area contributed by atoms with Crippen LogP contribution in [0.3, 0.4) is 0 Å². The van der Waals surface area contributed by atoms with Crippen molar-refractivity contribution in [2.75, 3.05) is 39.5 Å². The lowest BCUT2D eigenvalue weighted by molar-refractivity contribution is -0.123. The molecule has 8 nitrogen and oxygen atoms in total. The maximum absolute atomic E-state index is 15.1. The summed E-state index contributed by atoms with van der Waals surface area (Å²) in [7, 11) is 6.07. The van der Waals surface area contributed by atoms with Crippen LogP contribution in [0.15, 0.2) is 86.8 Å². The van der Waals surface area contributed by atoms with Crippen molar-refractivity contribution in [2.45, 2.75) is 96.5 Å². The number of hydrogen-bond acceptors (Lipinski definition) is 7. The summed E-state index contributed by atoms with van der Waals surface area (Å²) in [6.45, 7) is 13.6. The number of rotatable bonds is 11. The van der Waals surface area contributed by atoms with Gasteiger partial charge in [0.15, 0.2) is 6.17 Å². The molecule has 0 bridgehead atoms. The first-order valence-corrected chi connectivity index (χ1v) is 19.1. The zero-order valence-electron chi connectivity index (χ0n) is 30.9. The minimum absolute atomic E-state index is 0.0559. The number of carbonyl (C=O) groups excluding carboxylic acids is 2. The molecule has 2 aliphatic heterocycles. The minimum atomic E-state index is -1.45.